The Bertz CT molecular complexity index is 1730. The number of amides is 1. The summed E-state index contributed by atoms with van der Waals surface area (Å²) in [5, 5.41) is 23.0. The lowest BCUT2D eigenvalue weighted by Gasteiger charge is -2.11. The average Bonchev–Trinajstić information content (AvgIpc) is 3.44. The molecule has 5 aromatic rings. The van der Waals surface area contributed by atoms with Crippen molar-refractivity contribution in [1.82, 2.24) is 29.5 Å². The van der Waals surface area contributed by atoms with Crippen molar-refractivity contribution in [1.29, 1.82) is 0 Å². The van der Waals surface area contributed by atoms with Crippen LogP contribution in [0, 0.1) is 30.9 Å². The number of hydrogen-bond donors (Lipinski definition) is 2. The number of anilines is 1. The first-order chi connectivity index (χ1) is 17.2. The summed E-state index contributed by atoms with van der Waals surface area (Å²) in [4.78, 5) is 43.8. The lowest BCUT2D eigenvalue weighted by molar-refractivity contribution is -0.385. The van der Waals surface area contributed by atoms with Gasteiger partial charge in [-0.2, -0.15) is 19.9 Å². The van der Waals surface area contributed by atoms with Crippen LogP contribution in [0.5, 0.6) is 0 Å². The van der Waals surface area contributed by atoms with Gasteiger partial charge >= 0.3 is 0 Å². The molecule has 2 N–H and O–H groups in total. The molecule has 0 saturated heterocycles. The Morgan fingerprint density at radius 2 is 1.86 bits per heavy atom. The number of hydrogen-bond acceptors (Lipinski definition) is 7. The molecule has 0 unspecified atom stereocenters. The van der Waals surface area contributed by atoms with Crippen molar-refractivity contribution in [2.75, 3.05) is 5.32 Å². The largest absolute Gasteiger partial charge is 0.306 e. The quantitative estimate of drug-likeness (QED) is 0.286. The van der Waals surface area contributed by atoms with Crippen molar-refractivity contribution in [2.45, 2.75) is 20.8 Å². The predicted molar refractivity (Wildman–Crippen MR) is 132 cm³/mol. The molecule has 180 valence electrons. The van der Waals surface area contributed by atoms with Crippen LogP contribution in [-0.4, -0.2) is 40.4 Å². The van der Waals surface area contributed by atoms with Gasteiger partial charge in [0.25, 0.3) is 17.2 Å². The molecule has 0 radical (unpaired) electrons. The number of rotatable bonds is 5. The molecule has 12 nitrogen and oxygen atoms in total. The fourth-order valence-corrected chi connectivity index (χ4v) is 3.91. The highest BCUT2D eigenvalue weighted by Crippen LogP contribution is 2.23. The van der Waals surface area contributed by atoms with Crippen molar-refractivity contribution in [3.63, 3.8) is 0 Å². The number of fused-ring (bicyclic) bond motifs is 1. The van der Waals surface area contributed by atoms with Gasteiger partial charge in [0.05, 0.1) is 22.5 Å². The van der Waals surface area contributed by atoms with E-state index in [0.29, 0.717) is 11.3 Å². The van der Waals surface area contributed by atoms with Crippen molar-refractivity contribution in [3.05, 3.63) is 97.6 Å². The van der Waals surface area contributed by atoms with Crippen LogP contribution in [0.15, 0.2) is 59.5 Å². The Kier molecular flexibility index (Phi) is 5.40. The lowest BCUT2D eigenvalue weighted by atomic mass is 10.1. The lowest BCUT2D eigenvalue weighted by Crippen LogP contribution is -2.19. The van der Waals surface area contributed by atoms with Crippen LogP contribution in [0.3, 0.4) is 0 Å². The maximum atomic E-state index is 12.9. The number of aryl methyl sites for hydroxylation is 2. The minimum Gasteiger partial charge on any atom is -0.306 e. The summed E-state index contributed by atoms with van der Waals surface area (Å²) in [7, 11) is 0. The number of nitrogens with zero attached hydrogens (tertiary/aromatic N) is 6. The molecule has 0 aliphatic heterocycles. The van der Waals surface area contributed by atoms with E-state index in [1.165, 1.54) is 35.1 Å². The van der Waals surface area contributed by atoms with Crippen molar-refractivity contribution in [3.8, 4) is 11.6 Å². The fraction of sp³-hybridized carbons (Fsp3) is 0.125. The van der Waals surface area contributed by atoms with E-state index in [1.807, 2.05) is 32.0 Å². The summed E-state index contributed by atoms with van der Waals surface area (Å²) in [5.41, 5.74) is 2.78. The Balaban J connectivity index is 1.61. The SMILES string of the molecule is Cc1cc(NC(=O)c2ccccc2[N+](=O)[O-])n(-c2nc3c(cnn3-c3cccc(C)c3C)c(=O)[nH]2)n1. The van der Waals surface area contributed by atoms with E-state index in [9.17, 15) is 19.7 Å². The molecule has 5 rings (SSSR count). The van der Waals surface area contributed by atoms with E-state index in [2.05, 4.69) is 25.5 Å². The molecule has 3 aromatic heterocycles. The number of para-hydroxylation sites is 1. The first-order valence-corrected chi connectivity index (χ1v) is 10.9. The minimum absolute atomic E-state index is 0.0468. The highest BCUT2D eigenvalue weighted by molar-refractivity contribution is 6.06. The summed E-state index contributed by atoms with van der Waals surface area (Å²) in [6.07, 6.45) is 1.44. The monoisotopic (exact) mass is 484 g/mol. The molecule has 36 heavy (non-hydrogen) atoms. The molecule has 0 aliphatic rings. The van der Waals surface area contributed by atoms with E-state index >= 15 is 0 Å². The summed E-state index contributed by atoms with van der Waals surface area (Å²) < 4.78 is 2.85. The zero-order chi connectivity index (χ0) is 25.6. The Hall–Kier alpha value is -5.13. The molecule has 1 amide bonds. The van der Waals surface area contributed by atoms with Gasteiger partial charge in [-0.25, -0.2) is 4.68 Å². The highest BCUT2D eigenvalue weighted by Gasteiger charge is 2.22. The maximum absolute atomic E-state index is 12.9. The molecule has 0 atom stereocenters. The minimum atomic E-state index is -0.702. The zero-order valence-corrected chi connectivity index (χ0v) is 19.5. The molecule has 2 aromatic carbocycles. The third-order valence-corrected chi connectivity index (χ3v) is 5.85. The molecular weight excluding hydrogens is 464 g/mol. The number of nitrogens with one attached hydrogen (secondary N) is 2. The molecule has 0 aliphatic carbocycles. The third kappa shape index (κ3) is 3.79. The van der Waals surface area contributed by atoms with Crippen LogP contribution in [0.1, 0.15) is 27.2 Å². The van der Waals surface area contributed by atoms with Crippen molar-refractivity contribution >= 4 is 28.4 Å². The number of nitro groups is 1. The predicted octanol–water partition coefficient (Wildman–Crippen LogP) is 3.38. The number of aromatic amines is 1. The molecule has 0 spiro atoms. The number of nitro benzene ring substituents is 1. The Morgan fingerprint density at radius 1 is 1.08 bits per heavy atom. The third-order valence-electron chi connectivity index (χ3n) is 5.85. The van der Waals surface area contributed by atoms with E-state index in [1.54, 1.807) is 17.7 Å². The van der Waals surface area contributed by atoms with Crippen LogP contribution >= 0.6 is 0 Å². The van der Waals surface area contributed by atoms with Crippen LogP contribution in [0.4, 0.5) is 11.5 Å². The van der Waals surface area contributed by atoms with Gasteiger partial charge in [0.2, 0.25) is 5.95 Å². The first-order valence-electron chi connectivity index (χ1n) is 10.9. The molecule has 0 bridgehead atoms. The normalized spacial score (nSPS) is 11.1. The van der Waals surface area contributed by atoms with Crippen LogP contribution in [-0.2, 0) is 0 Å². The van der Waals surface area contributed by atoms with Crippen LogP contribution < -0.4 is 10.9 Å². The summed E-state index contributed by atoms with van der Waals surface area (Å²) in [6, 6.07) is 12.9. The van der Waals surface area contributed by atoms with Gasteiger partial charge < -0.3 is 5.32 Å². The van der Waals surface area contributed by atoms with Gasteiger partial charge in [0.1, 0.15) is 16.8 Å². The Labute approximate surface area is 203 Å². The fourth-order valence-electron chi connectivity index (χ4n) is 3.91. The second kappa shape index (κ2) is 8.58. The van der Waals surface area contributed by atoms with Gasteiger partial charge in [0, 0.05) is 12.1 Å². The molecule has 0 saturated carbocycles. The average molecular weight is 484 g/mol. The molecule has 12 heteroatoms. The van der Waals surface area contributed by atoms with E-state index in [0.717, 1.165) is 16.8 Å². The smallest absolute Gasteiger partial charge is 0.282 e. The highest BCUT2D eigenvalue weighted by atomic mass is 16.6. The number of carbonyl (C=O) groups is 1. The summed E-state index contributed by atoms with van der Waals surface area (Å²) in [5.74, 6) is -0.478. The zero-order valence-electron chi connectivity index (χ0n) is 19.5. The molecule has 3 heterocycles. The van der Waals surface area contributed by atoms with Gasteiger partial charge in [0.15, 0.2) is 5.65 Å². The summed E-state index contributed by atoms with van der Waals surface area (Å²) >= 11 is 0. The van der Waals surface area contributed by atoms with E-state index in [4.69, 9.17) is 0 Å². The van der Waals surface area contributed by atoms with Gasteiger partial charge in [-0.1, -0.05) is 24.3 Å². The van der Waals surface area contributed by atoms with Gasteiger partial charge in [-0.3, -0.25) is 24.7 Å². The van der Waals surface area contributed by atoms with Gasteiger partial charge in [-0.05, 0) is 44.0 Å². The standard InChI is InChI=1S/C24H20N8O4/c1-13-7-6-10-18(15(13)3)30-21-17(12-25-30)23(34)28-24(27-21)31-20(11-14(2)29-31)26-22(33)16-8-4-5-9-19(16)32(35)36/h4-12H,1-3H3,(H,26,33)(H,27,28,34). The molecule has 0 fully saturated rings. The topological polar surface area (TPSA) is 154 Å². The van der Waals surface area contributed by atoms with Gasteiger partial charge in [-0.15, -0.1) is 0 Å². The van der Waals surface area contributed by atoms with Crippen molar-refractivity contribution in [2.24, 2.45) is 0 Å². The van der Waals surface area contributed by atoms with E-state index < -0.39 is 16.4 Å². The number of carbonyl (C=O) groups excluding carboxylic acids is 1. The van der Waals surface area contributed by atoms with Crippen molar-refractivity contribution < 1.29 is 9.72 Å². The van der Waals surface area contributed by atoms with E-state index in [-0.39, 0.29) is 28.4 Å². The Morgan fingerprint density at radius 3 is 2.64 bits per heavy atom. The number of aromatic nitrogens is 6. The van der Waals surface area contributed by atoms with Crippen LogP contribution in [0.25, 0.3) is 22.7 Å². The second-order valence-electron chi connectivity index (χ2n) is 8.21. The first kappa shape index (κ1) is 22.7. The number of benzene rings is 2. The maximum Gasteiger partial charge on any atom is 0.282 e. The van der Waals surface area contributed by atoms with Crippen LogP contribution in [0.2, 0.25) is 0 Å². The summed E-state index contributed by atoms with van der Waals surface area (Å²) in [6.45, 7) is 5.64. The second-order valence-corrected chi connectivity index (χ2v) is 8.21. The number of H-pyrrole nitrogens is 1. The molecular formula is C24H20N8O4.